The van der Waals surface area contributed by atoms with Crippen molar-refractivity contribution in [2.45, 2.75) is 78.1 Å². The summed E-state index contributed by atoms with van der Waals surface area (Å²) in [6.07, 6.45) is 4.67. The first-order valence-electron chi connectivity index (χ1n) is 15.3. The van der Waals surface area contributed by atoms with Gasteiger partial charge in [-0.2, -0.15) is 0 Å². The summed E-state index contributed by atoms with van der Waals surface area (Å²) in [5, 5.41) is 0. The van der Waals surface area contributed by atoms with Crippen LogP contribution in [0.4, 0.5) is 11.4 Å². The zero-order valence-electron chi connectivity index (χ0n) is 25.3. The molecule has 0 unspecified atom stereocenters. The predicted octanol–water partition coefficient (Wildman–Crippen LogP) is 9.87. The fraction of sp³-hybridized carbons (Fsp3) is 0.368. The maximum atomic E-state index is 4.94. The van der Waals surface area contributed by atoms with E-state index in [2.05, 4.69) is 124 Å². The number of hydrogen-bond donors (Lipinski definition) is 0. The van der Waals surface area contributed by atoms with Crippen LogP contribution in [0, 0.1) is 0 Å². The summed E-state index contributed by atoms with van der Waals surface area (Å²) >= 11 is 0. The summed E-state index contributed by atoms with van der Waals surface area (Å²) in [6, 6.07) is 27.1. The zero-order valence-corrected chi connectivity index (χ0v) is 25.3. The Morgan fingerprint density at radius 2 is 0.950 bits per heavy atom. The molecule has 0 fully saturated rings. The molecule has 1 aliphatic carbocycles. The molecule has 0 atom stereocenters. The van der Waals surface area contributed by atoms with Crippen LogP contribution in [0.1, 0.15) is 89.5 Å². The first kappa shape index (κ1) is 26.7. The molecule has 3 aromatic rings. The van der Waals surface area contributed by atoms with E-state index in [-0.39, 0.29) is 10.8 Å². The molecule has 206 valence electrons. The molecule has 3 aliphatic rings. The van der Waals surface area contributed by atoms with Crippen molar-refractivity contribution in [1.29, 1.82) is 0 Å². The van der Waals surface area contributed by atoms with Gasteiger partial charge in [0, 0.05) is 57.8 Å². The molecular weight excluding hydrogens is 484 g/mol. The Kier molecular flexibility index (Phi) is 6.56. The first-order valence-corrected chi connectivity index (χ1v) is 15.3. The van der Waals surface area contributed by atoms with Crippen molar-refractivity contribution in [3.63, 3.8) is 0 Å². The van der Waals surface area contributed by atoms with Crippen LogP contribution in [0.5, 0.6) is 0 Å². The van der Waals surface area contributed by atoms with Gasteiger partial charge in [-0.1, -0.05) is 122 Å². The lowest BCUT2D eigenvalue weighted by Gasteiger charge is -2.31. The highest BCUT2D eigenvalue weighted by molar-refractivity contribution is 6.12. The minimum absolute atomic E-state index is 0.119. The normalized spacial score (nSPS) is 22.1. The van der Waals surface area contributed by atoms with Gasteiger partial charge in [-0.05, 0) is 52.8 Å². The predicted molar refractivity (Wildman–Crippen MR) is 173 cm³/mol. The monoisotopic (exact) mass is 528 g/mol. The zero-order chi connectivity index (χ0) is 28.2. The summed E-state index contributed by atoms with van der Waals surface area (Å²) in [6.45, 7) is 21.2. The highest BCUT2D eigenvalue weighted by atomic mass is 15.2. The van der Waals surface area contributed by atoms with E-state index in [9.17, 15) is 0 Å². The molecule has 2 aliphatic heterocycles. The van der Waals surface area contributed by atoms with Crippen molar-refractivity contribution >= 4 is 22.5 Å². The Hall–Kier alpha value is -3.52. The van der Waals surface area contributed by atoms with E-state index in [1.165, 1.54) is 74.6 Å². The van der Waals surface area contributed by atoms with Crippen LogP contribution < -0.4 is 9.80 Å². The second kappa shape index (κ2) is 9.84. The third kappa shape index (κ3) is 3.75. The average molecular weight is 529 g/mol. The van der Waals surface area contributed by atoms with Crippen LogP contribution >= 0.6 is 0 Å². The van der Waals surface area contributed by atoms with Crippen molar-refractivity contribution in [3.8, 4) is 0 Å². The Morgan fingerprint density at radius 1 is 0.575 bits per heavy atom. The van der Waals surface area contributed by atoms with Crippen LogP contribution in [0.15, 0.2) is 96.3 Å². The van der Waals surface area contributed by atoms with Gasteiger partial charge in [-0.3, -0.25) is 0 Å². The fourth-order valence-electron chi connectivity index (χ4n) is 7.55. The molecule has 0 aromatic heterocycles. The highest BCUT2D eigenvalue weighted by Gasteiger charge is 2.47. The standard InChI is InChI=1S/C38H44N2/c1-8-10-24-39-31-22-16-14-20-29(31)37(4,5)35(39)33-26(3)34(28-19-13-12-18-27(28)33)36-38(6,7)30-21-15-17-23-32(30)40(36)25-11-9-2/h12-23H,3,8-11,24-25H2,1-2,4-7H3/b35-33-,36-34-. The van der Waals surface area contributed by atoms with Gasteiger partial charge in [-0.15, -0.1) is 0 Å². The van der Waals surface area contributed by atoms with E-state index in [1.54, 1.807) is 0 Å². The van der Waals surface area contributed by atoms with Crippen LogP contribution in [0.2, 0.25) is 0 Å². The van der Waals surface area contributed by atoms with E-state index in [1.807, 2.05) is 0 Å². The summed E-state index contributed by atoms with van der Waals surface area (Å²) in [5.74, 6) is 0. The van der Waals surface area contributed by atoms with E-state index in [0.717, 1.165) is 25.9 Å². The second-order valence-electron chi connectivity index (χ2n) is 12.8. The van der Waals surface area contributed by atoms with Gasteiger partial charge in [-0.25, -0.2) is 0 Å². The quantitative estimate of drug-likeness (QED) is 0.314. The van der Waals surface area contributed by atoms with E-state index in [4.69, 9.17) is 6.58 Å². The van der Waals surface area contributed by atoms with Gasteiger partial charge >= 0.3 is 0 Å². The molecule has 0 spiro atoms. The van der Waals surface area contributed by atoms with Gasteiger partial charge in [0.2, 0.25) is 0 Å². The molecule has 2 heteroatoms. The molecule has 0 saturated carbocycles. The van der Waals surface area contributed by atoms with Crippen molar-refractivity contribution in [2.75, 3.05) is 22.9 Å². The van der Waals surface area contributed by atoms with Crippen molar-refractivity contribution in [3.05, 3.63) is 119 Å². The van der Waals surface area contributed by atoms with E-state index < -0.39 is 0 Å². The number of fused-ring (bicyclic) bond motifs is 3. The summed E-state index contributed by atoms with van der Waals surface area (Å²) in [4.78, 5) is 5.24. The molecule has 2 heterocycles. The van der Waals surface area contributed by atoms with Crippen molar-refractivity contribution in [1.82, 2.24) is 0 Å². The van der Waals surface area contributed by atoms with Gasteiger partial charge in [0.15, 0.2) is 0 Å². The number of hydrogen-bond acceptors (Lipinski definition) is 2. The van der Waals surface area contributed by atoms with Gasteiger partial charge in [0.05, 0.1) is 0 Å². The van der Waals surface area contributed by atoms with Gasteiger partial charge in [0.1, 0.15) is 0 Å². The number of nitrogens with zero attached hydrogens (tertiary/aromatic N) is 2. The average Bonchev–Trinajstić information content (AvgIpc) is 3.45. The second-order valence-corrected chi connectivity index (χ2v) is 12.8. The molecule has 3 aromatic carbocycles. The Labute approximate surface area is 241 Å². The molecule has 0 saturated heterocycles. The molecule has 6 rings (SSSR count). The molecule has 0 amide bonds. The number of benzene rings is 3. The Morgan fingerprint density at radius 3 is 1.35 bits per heavy atom. The smallest absolute Gasteiger partial charge is 0.0450 e. The summed E-state index contributed by atoms with van der Waals surface area (Å²) in [7, 11) is 0. The summed E-state index contributed by atoms with van der Waals surface area (Å²) < 4.78 is 0. The number of anilines is 2. The molecule has 0 radical (unpaired) electrons. The minimum Gasteiger partial charge on any atom is -0.343 e. The number of rotatable bonds is 6. The maximum absolute atomic E-state index is 4.94. The SMILES string of the molecule is C=C1/C(=C2/N(CCCC)c3ccccc3C2(C)C)c2ccccc2/C1=C1\N(CCCC)c2ccccc2C1(C)C. The first-order chi connectivity index (χ1) is 19.2. The lowest BCUT2D eigenvalue weighted by Crippen LogP contribution is -2.29. The van der Waals surface area contributed by atoms with Crippen LogP contribution in [0.3, 0.4) is 0 Å². The Balaban J connectivity index is 1.65. The minimum atomic E-state index is -0.119. The van der Waals surface area contributed by atoms with Gasteiger partial charge < -0.3 is 9.80 Å². The molecule has 40 heavy (non-hydrogen) atoms. The lowest BCUT2D eigenvalue weighted by atomic mass is 9.79. The van der Waals surface area contributed by atoms with E-state index >= 15 is 0 Å². The largest absolute Gasteiger partial charge is 0.343 e. The maximum Gasteiger partial charge on any atom is 0.0450 e. The number of allylic oxidation sites excluding steroid dienone is 5. The van der Waals surface area contributed by atoms with Crippen LogP contribution in [-0.2, 0) is 10.8 Å². The third-order valence-corrected chi connectivity index (χ3v) is 9.47. The highest BCUT2D eigenvalue weighted by Crippen LogP contribution is 2.59. The van der Waals surface area contributed by atoms with Crippen molar-refractivity contribution in [2.24, 2.45) is 0 Å². The molecule has 0 bridgehead atoms. The number of unbranched alkanes of at least 4 members (excludes halogenated alkanes) is 2. The molecule has 2 nitrogen and oxygen atoms in total. The topological polar surface area (TPSA) is 6.48 Å². The Bertz CT molecular complexity index is 1430. The van der Waals surface area contributed by atoms with Crippen LogP contribution in [0.25, 0.3) is 11.1 Å². The fourth-order valence-corrected chi connectivity index (χ4v) is 7.55. The van der Waals surface area contributed by atoms with Gasteiger partial charge in [0.25, 0.3) is 0 Å². The number of para-hydroxylation sites is 2. The lowest BCUT2D eigenvalue weighted by molar-refractivity contribution is 0.625. The summed E-state index contributed by atoms with van der Waals surface area (Å²) in [5.41, 5.74) is 14.6. The van der Waals surface area contributed by atoms with E-state index in [0.29, 0.717) is 0 Å². The third-order valence-electron chi connectivity index (χ3n) is 9.47. The molecule has 0 N–H and O–H groups in total. The van der Waals surface area contributed by atoms with Crippen LogP contribution in [-0.4, -0.2) is 13.1 Å². The molecular formula is C38H44N2. The van der Waals surface area contributed by atoms with Crippen molar-refractivity contribution < 1.29 is 0 Å².